The van der Waals surface area contributed by atoms with Crippen LogP contribution in [0.15, 0.2) is 30.9 Å². The number of rotatable bonds is 1. The number of hydrogen-bond acceptors (Lipinski definition) is 4. The molecule has 2 aromatic heterocycles. The average molecular weight is 171 g/mol. The molecule has 0 aliphatic carbocycles. The smallest absolute Gasteiger partial charge is 0.102 e. The van der Waals surface area contributed by atoms with Crippen LogP contribution in [0.5, 0.6) is 0 Å². The molecule has 0 amide bonds. The van der Waals surface area contributed by atoms with Crippen molar-refractivity contribution in [2.45, 2.75) is 0 Å². The molecule has 0 atom stereocenters. The fourth-order valence-electron chi connectivity index (χ4n) is 1.000. The third-order valence-corrected chi connectivity index (χ3v) is 1.59. The monoisotopic (exact) mass is 171 g/mol. The van der Waals surface area contributed by atoms with E-state index in [9.17, 15) is 0 Å². The molecule has 5 nitrogen and oxygen atoms in total. The largest absolute Gasteiger partial charge is 0.262 e. The summed E-state index contributed by atoms with van der Waals surface area (Å²) in [6.45, 7) is 0. The highest BCUT2D eigenvalue weighted by molar-refractivity contribution is 5.45. The van der Waals surface area contributed by atoms with Crippen molar-refractivity contribution in [2.75, 3.05) is 0 Å². The summed E-state index contributed by atoms with van der Waals surface area (Å²) in [5, 5.41) is 16.2. The predicted molar refractivity (Wildman–Crippen MR) is 43.9 cm³/mol. The molecule has 13 heavy (non-hydrogen) atoms. The van der Waals surface area contributed by atoms with Crippen LogP contribution in [0.4, 0.5) is 0 Å². The fourth-order valence-corrected chi connectivity index (χ4v) is 1.000. The maximum atomic E-state index is 8.78. The standard InChI is InChI=1S/C8H5N5/c9-5-7-1-2-10-6-8(7)13-4-3-11-12-13/h1-4,6H. The van der Waals surface area contributed by atoms with Gasteiger partial charge in [-0.1, -0.05) is 5.21 Å². The van der Waals surface area contributed by atoms with Gasteiger partial charge in [0.15, 0.2) is 0 Å². The van der Waals surface area contributed by atoms with Gasteiger partial charge in [-0.3, -0.25) is 4.98 Å². The van der Waals surface area contributed by atoms with E-state index in [1.165, 1.54) is 4.68 Å². The molecule has 62 valence electrons. The highest BCUT2D eigenvalue weighted by Crippen LogP contribution is 2.08. The summed E-state index contributed by atoms with van der Waals surface area (Å²) in [6.07, 6.45) is 6.36. The molecule has 0 saturated heterocycles. The molecule has 0 aromatic carbocycles. The third kappa shape index (κ3) is 1.25. The van der Waals surface area contributed by atoms with Crippen molar-refractivity contribution in [3.8, 4) is 11.8 Å². The Bertz CT molecular complexity index is 440. The van der Waals surface area contributed by atoms with Crippen molar-refractivity contribution in [2.24, 2.45) is 0 Å². The van der Waals surface area contributed by atoms with Gasteiger partial charge in [0.05, 0.1) is 24.2 Å². The first-order chi connectivity index (χ1) is 6.42. The van der Waals surface area contributed by atoms with Crippen LogP contribution in [0.25, 0.3) is 5.69 Å². The van der Waals surface area contributed by atoms with Gasteiger partial charge >= 0.3 is 0 Å². The van der Waals surface area contributed by atoms with Crippen molar-refractivity contribution in [3.63, 3.8) is 0 Å². The van der Waals surface area contributed by atoms with Gasteiger partial charge in [0.25, 0.3) is 0 Å². The molecular weight excluding hydrogens is 166 g/mol. The average Bonchev–Trinajstić information content (AvgIpc) is 2.70. The minimum absolute atomic E-state index is 0.528. The lowest BCUT2D eigenvalue weighted by atomic mass is 10.2. The molecule has 0 spiro atoms. The van der Waals surface area contributed by atoms with E-state index in [1.807, 2.05) is 0 Å². The summed E-state index contributed by atoms with van der Waals surface area (Å²) in [7, 11) is 0. The predicted octanol–water partition coefficient (Wildman–Crippen LogP) is 0.534. The Hall–Kier alpha value is -2.22. The molecule has 0 bridgehead atoms. The Morgan fingerprint density at radius 1 is 1.38 bits per heavy atom. The van der Waals surface area contributed by atoms with Gasteiger partial charge < -0.3 is 0 Å². The minimum Gasteiger partial charge on any atom is -0.262 e. The Morgan fingerprint density at radius 3 is 3.00 bits per heavy atom. The van der Waals surface area contributed by atoms with Crippen molar-refractivity contribution >= 4 is 0 Å². The van der Waals surface area contributed by atoms with Crippen LogP contribution in [0.3, 0.4) is 0 Å². The van der Waals surface area contributed by atoms with Gasteiger partial charge in [-0.05, 0) is 6.07 Å². The van der Waals surface area contributed by atoms with Gasteiger partial charge in [0, 0.05) is 6.20 Å². The maximum Gasteiger partial charge on any atom is 0.102 e. The Balaban J connectivity index is 2.59. The lowest BCUT2D eigenvalue weighted by molar-refractivity contribution is 0.797. The maximum absolute atomic E-state index is 8.78. The lowest BCUT2D eigenvalue weighted by Gasteiger charge is -1.99. The molecule has 0 aliphatic heterocycles. The zero-order chi connectivity index (χ0) is 9.10. The molecule has 0 radical (unpaired) electrons. The van der Waals surface area contributed by atoms with Crippen molar-refractivity contribution in [1.82, 2.24) is 20.0 Å². The highest BCUT2D eigenvalue weighted by atomic mass is 15.4. The highest BCUT2D eigenvalue weighted by Gasteiger charge is 2.03. The van der Waals surface area contributed by atoms with Crippen LogP contribution >= 0.6 is 0 Å². The number of nitrogens with zero attached hydrogens (tertiary/aromatic N) is 5. The summed E-state index contributed by atoms with van der Waals surface area (Å²) in [6, 6.07) is 3.69. The van der Waals surface area contributed by atoms with E-state index in [4.69, 9.17) is 5.26 Å². The molecule has 0 N–H and O–H groups in total. The van der Waals surface area contributed by atoms with Gasteiger partial charge in [-0.25, -0.2) is 4.68 Å². The zero-order valence-electron chi connectivity index (χ0n) is 6.62. The third-order valence-electron chi connectivity index (χ3n) is 1.59. The first-order valence-electron chi connectivity index (χ1n) is 3.62. The van der Waals surface area contributed by atoms with Crippen LogP contribution in [0.1, 0.15) is 5.56 Å². The van der Waals surface area contributed by atoms with Crippen LogP contribution in [0.2, 0.25) is 0 Å². The normalized spacial score (nSPS) is 9.46. The van der Waals surface area contributed by atoms with Crippen molar-refractivity contribution < 1.29 is 0 Å². The van der Waals surface area contributed by atoms with Crippen LogP contribution < -0.4 is 0 Å². The Labute approximate surface area is 74.3 Å². The number of hydrogen-bond donors (Lipinski definition) is 0. The van der Waals surface area contributed by atoms with E-state index in [1.54, 1.807) is 30.9 Å². The molecule has 2 aromatic rings. The van der Waals surface area contributed by atoms with Gasteiger partial charge in [0.2, 0.25) is 0 Å². The fraction of sp³-hybridized carbons (Fsp3) is 0. The van der Waals surface area contributed by atoms with E-state index in [2.05, 4.69) is 21.4 Å². The quantitative estimate of drug-likeness (QED) is 0.627. The van der Waals surface area contributed by atoms with Crippen LogP contribution in [0, 0.1) is 11.3 Å². The molecular formula is C8H5N5. The van der Waals surface area contributed by atoms with Crippen molar-refractivity contribution in [3.05, 3.63) is 36.4 Å². The molecule has 2 rings (SSSR count). The molecule has 2 heterocycles. The Kier molecular flexibility index (Phi) is 1.73. The van der Waals surface area contributed by atoms with Crippen molar-refractivity contribution in [1.29, 1.82) is 5.26 Å². The number of aromatic nitrogens is 4. The second-order valence-electron chi connectivity index (χ2n) is 2.35. The van der Waals surface area contributed by atoms with Gasteiger partial charge in [0.1, 0.15) is 11.8 Å². The zero-order valence-corrected chi connectivity index (χ0v) is 6.62. The van der Waals surface area contributed by atoms with Gasteiger partial charge in [-0.15, -0.1) is 5.10 Å². The molecule has 5 heteroatoms. The summed E-state index contributed by atoms with van der Waals surface area (Å²) < 4.78 is 1.51. The minimum atomic E-state index is 0.528. The summed E-state index contributed by atoms with van der Waals surface area (Å²) in [5.74, 6) is 0. The second-order valence-corrected chi connectivity index (χ2v) is 2.35. The summed E-state index contributed by atoms with van der Waals surface area (Å²) in [4.78, 5) is 3.91. The van der Waals surface area contributed by atoms with E-state index >= 15 is 0 Å². The van der Waals surface area contributed by atoms with Crippen LogP contribution in [-0.4, -0.2) is 20.0 Å². The van der Waals surface area contributed by atoms with E-state index < -0.39 is 0 Å². The van der Waals surface area contributed by atoms with E-state index in [-0.39, 0.29) is 0 Å². The Morgan fingerprint density at radius 2 is 2.31 bits per heavy atom. The SMILES string of the molecule is N#Cc1ccncc1-n1ccnn1. The topological polar surface area (TPSA) is 67.4 Å². The summed E-state index contributed by atoms with van der Waals surface area (Å²) in [5.41, 5.74) is 1.17. The second kappa shape index (κ2) is 3.03. The van der Waals surface area contributed by atoms with Gasteiger partial charge in [-0.2, -0.15) is 5.26 Å². The van der Waals surface area contributed by atoms with E-state index in [0.29, 0.717) is 11.3 Å². The molecule has 0 saturated carbocycles. The molecule has 0 fully saturated rings. The van der Waals surface area contributed by atoms with Crippen LogP contribution in [-0.2, 0) is 0 Å². The first-order valence-corrected chi connectivity index (χ1v) is 3.62. The lowest BCUT2D eigenvalue weighted by Crippen LogP contribution is -1.98. The summed E-state index contributed by atoms with van der Waals surface area (Å²) >= 11 is 0. The van der Waals surface area contributed by atoms with E-state index in [0.717, 1.165) is 0 Å². The molecule has 0 unspecified atom stereocenters. The number of nitriles is 1. The number of pyridine rings is 1. The first kappa shape index (κ1) is 7.43. The molecule has 0 aliphatic rings.